The number of carboxylic acid groups (broad SMARTS) is 1. The van der Waals surface area contributed by atoms with Crippen molar-refractivity contribution in [3.63, 3.8) is 0 Å². The van der Waals surface area contributed by atoms with E-state index in [1.165, 1.54) is 12.3 Å². The summed E-state index contributed by atoms with van der Waals surface area (Å²) >= 11 is 5.18. The summed E-state index contributed by atoms with van der Waals surface area (Å²) in [6.45, 7) is 3.22. The summed E-state index contributed by atoms with van der Waals surface area (Å²) in [5.41, 5.74) is 0. The minimum Gasteiger partial charge on any atom is -0.481 e. The molecular weight excluding hydrogens is 156 g/mol. The van der Waals surface area contributed by atoms with Gasteiger partial charge in [-0.1, -0.05) is 0 Å². The van der Waals surface area contributed by atoms with Gasteiger partial charge in [0.2, 0.25) is 0 Å². The van der Waals surface area contributed by atoms with Crippen LogP contribution in [-0.4, -0.2) is 11.1 Å². The highest BCUT2D eigenvalue weighted by Gasteiger charge is 1.88. The number of carbonyl (C=O) groups is 1. The molecule has 0 rings (SSSR count). The Kier molecular flexibility index (Phi) is 4.41. The van der Waals surface area contributed by atoms with Gasteiger partial charge >= 0.3 is 5.97 Å². The maximum Gasteiger partial charge on any atom is 0.307 e. The van der Waals surface area contributed by atoms with Crippen LogP contribution < -0.4 is 0 Å². The number of rotatable bonds is 4. The fraction of sp³-hybridized carbons (Fsp3) is 0.167. The predicted molar refractivity (Wildman–Crippen MR) is 37.5 cm³/mol. The Balaban J connectivity index is 3.38. The van der Waals surface area contributed by atoms with E-state index >= 15 is 0 Å². The second-order valence-electron chi connectivity index (χ2n) is 1.44. The zero-order valence-electron chi connectivity index (χ0n) is 5.21. The van der Waals surface area contributed by atoms with Gasteiger partial charge in [-0.3, -0.25) is 4.79 Å². The lowest BCUT2D eigenvalue weighted by molar-refractivity contribution is -0.136. The Morgan fingerprint density at radius 1 is 1.80 bits per heavy atom. The van der Waals surface area contributed by atoms with Gasteiger partial charge in [-0.25, -0.2) is 0 Å². The third kappa shape index (κ3) is 7.04. The van der Waals surface area contributed by atoms with E-state index in [9.17, 15) is 4.79 Å². The van der Waals surface area contributed by atoms with Gasteiger partial charge in [0.05, 0.1) is 12.7 Å². The number of hydrogen-bond acceptors (Lipinski definition) is 2. The molecule has 4 heteroatoms. The highest BCUT2D eigenvalue weighted by Crippen LogP contribution is 1.98. The summed E-state index contributed by atoms with van der Waals surface area (Å²) in [4.78, 5) is 9.88. The molecule has 0 fully saturated rings. The Bertz CT molecular complexity index is 144. The van der Waals surface area contributed by atoms with E-state index in [1.54, 1.807) is 0 Å². The van der Waals surface area contributed by atoms with Gasteiger partial charge in [-0.2, -0.15) is 0 Å². The van der Waals surface area contributed by atoms with Crippen LogP contribution in [0.5, 0.6) is 0 Å². The van der Waals surface area contributed by atoms with Crippen molar-refractivity contribution in [3.8, 4) is 0 Å². The van der Waals surface area contributed by atoms with Crippen molar-refractivity contribution in [2.45, 2.75) is 6.42 Å². The number of ether oxygens (including phenoxy) is 1. The van der Waals surface area contributed by atoms with Crippen molar-refractivity contribution >= 4 is 17.6 Å². The Morgan fingerprint density at radius 2 is 2.40 bits per heavy atom. The van der Waals surface area contributed by atoms with E-state index in [0.29, 0.717) is 0 Å². The first-order chi connectivity index (χ1) is 4.63. The minimum atomic E-state index is -0.917. The standard InChI is InChI=1S/C6H7ClO3/c1-5(7)10-4-2-3-6(8)9/h2,4H,1,3H2,(H,8,9). The predicted octanol–water partition coefficient (Wildman–Crippen LogP) is 1.70. The van der Waals surface area contributed by atoms with Crippen LogP contribution in [0, 0.1) is 0 Å². The van der Waals surface area contributed by atoms with Gasteiger partial charge in [-0.05, 0) is 24.3 Å². The lowest BCUT2D eigenvalue weighted by Gasteiger charge is -1.90. The van der Waals surface area contributed by atoms with Gasteiger partial charge < -0.3 is 9.84 Å². The van der Waals surface area contributed by atoms with Crippen molar-refractivity contribution in [2.75, 3.05) is 0 Å². The maximum atomic E-state index is 9.88. The van der Waals surface area contributed by atoms with Gasteiger partial charge in [0.1, 0.15) is 0 Å². The zero-order chi connectivity index (χ0) is 7.98. The molecule has 0 bridgehead atoms. The van der Waals surface area contributed by atoms with Crippen LogP contribution in [0.2, 0.25) is 0 Å². The van der Waals surface area contributed by atoms with E-state index in [-0.39, 0.29) is 11.6 Å². The topological polar surface area (TPSA) is 46.5 Å². The molecule has 1 N–H and O–H groups in total. The highest BCUT2D eigenvalue weighted by atomic mass is 35.5. The monoisotopic (exact) mass is 162 g/mol. The third-order valence-electron chi connectivity index (χ3n) is 0.585. The number of hydrogen-bond donors (Lipinski definition) is 1. The van der Waals surface area contributed by atoms with Crippen molar-refractivity contribution in [3.05, 3.63) is 24.1 Å². The Hall–Kier alpha value is -0.960. The zero-order valence-corrected chi connectivity index (χ0v) is 5.97. The van der Waals surface area contributed by atoms with Gasteiger partial charge in [-0.15, -0.1) is 0 Å². The molecule has 0 spiro atoms. The molecule has 0 aromatic carbocycles. The molecule has 0 amide bonds. The normalized spacial score (nSPS) is 9.70. The van der Waals surface area contributed by atoms with Gasteiger partial charge in [0, 0.05) is 0 Å². The van der Waals surface area contributed by atoms with Crippen LogP contribution >= 0.6 is 11.6 Å². The SMILES string of the molecule is C=C(Cl)OC=CCC(=O)O. The maximum absolute atomic E-state index is 9.88. The van der Waals surface area contributed by atoms with E-state index in [0.717, 1.165) is 0 Å². The average Bonchev–Trinajstić information content (AvgIpc) is 1.79. The lowest BCUT2D eigenvalue weighted by Crippen LogP contribution is -1.89. The second kappa shape index (κ2) is 4.88. The van der Waals surface area contributed by atoms with E-state index in [2.05, 4.69) is 11.3 Å². The summed E-state index contributed by atoms with van der Waals surface area (Å²) in [7, 11) is 0. The first-order valence-corrected chi connectivity index (χ1v) is 2.88. The summed E-state index contributed by atoms with van der Waals surface area (Å²) in [6.07, 6.45) is 2.43. The van der Waals surface area contributed by atoms with E-state index in [1.807, 2.05) is 0 Å². The summed E-state index contributed by atoms with van der Waals surface area (Å²) in [5.74, 6) is -0.917. The molecule has 3 nitrogen and oxygen atoms in total. The van der Waals surface area contributed by atoms with E-state index < -0.39 is 5.97 Å². The number of aliphatic carboxylic acids is 1. The summed E-state index contributed by atoms with van der Waals surface area (Å²) in [5, 5.41) is 8.13. The first-order valence-electron chi connectivity index (χ1n) is 2.51. The van der Waals surface area contributed by atoms with Crippen LogP contribution in [0.1, 0.15) is 6.42 Å². The summed E-state index contributed by atoms with van der Waals surface area (Å²) in [6, 6.07) is 0. The van der Waals surface area contributed by atoms with Crippen LogP contribution in [0.4, 0.5) is 0 Å². The van der Waals surface area contributed by atoms with E-state index in [4.69, 9.17) is 16.7 Å². The molecule has 10 heavy (non-hydrogen) atoms. The molecule has 0 aliphatic rings. The number of carboxylic acids is 1. The fourth-order valence-electron chi connectivity index (χ4n) is 0.271. The molecule has 0 atom stereocenters. The smallest absolute Gasteiger partial charge is 0.307 e. The quantitative estimate of drug-likeness (QED) is 0.640. The molecule has 0 aliphatic heterocycles. The van der Waals surface area contributed by atoms with Crippen molar-refractivity contribution in [1.29, 1.82) is 0 Å². The van der Waals surface area contributed by atoms with Crippen LogP contribution in [0.3, 0.4) is 0 Å². The molecule has 0 radical (unpaired) electrons. The van der Waals surface area contributed by atoms with Crippen molar-refractivity contribution in [1.82, 2.24) is 0 Å². The lowest BCUT2D eigenvalue weighted by atomic mass is 10.4. The second-order valence-corrected chi connectivity index (χ2v) is 1.86. The van der Waals surface area contributed by atoms with Crippen LogP contribution in [0.25, 0.3) is 0 Å². The summed E-state index contributed by atoms with van der Waals surface area (Å²) < 4.78 is 4.52. The molecule has 0 aromatic heterocycles. The molecule has 0 unspecified atom stereocenters. The van der Waals surface area contributed by atoms with Gasteiger partial charge in [0.25, 0.3) is 0 Å². The molecule has 0 saturated carbocycles. The molecule has 0 saturated heterocycles. The first kappa shape index (κ1) is 9.04. The van der Waals surface area contributed by atoms with Crippen molar-refractivity contribution < 1.29 is 14.6 Å². The van der Waals surface area contributed by atoms with Crippen LogP contribution in [-0.2, 0) is 9.53 Å². The molecule has 56 valence electrons. The molecule has 0 aromatic rings. The third-order valence-corrected chi connectivity index (χ3v) is 0.674. The largest absolute Gasteiger partial charge is 0.481 e. The van der Waals surface area contributed by atoms with Crippen LogP contribution in [0.15, 0.2) is 24.1 Å². The highest BCUT2D eigenvalue weighted by molar-refractivity contribution is 6.28. The van der Waals surface area contributed by atoms with Crippen molar-refractivity contribution in [2.24, 2.45) is 0 Å². The minimum absolute atomic E-state index is 0.0154. The average molecular weight is 163 g/mol. The Labute approximate surface area is 63.6 Å². The Morgan fingerprint density at radius 3 is 2.80 bits per heavy atom. The number of halogens is 1. The van der Waals surface area contributed by atoms with Gasteiger partial charge in [0.15, 0.2) is 5.22 Å². The fourth-order valence-corrected chi connectivity index (χ4v) is 0.322. The molecule has 0 aliphatic carbocycles. The molecule has 0 heterocycles. The molecular formula is C6H7ClO3.